The van der Waals surface area contributed by atoms with Crippen LogP contribution in [0, 0.1) is 0 Å². The van der Waals surface area contributed by atoms with E-state index in [0.29, 0.717) is 0 Å². The average Bonchev–Trinajstić information content (AvgIpc) is 1.72. The van der Waals surface area contributed by atoms with Crippen LogP contribution in [0.4, 0.5) is 0 Å². The fourth-order valence-electron chi connectivity index (χ4n) is 0.687. The molecule has 0 saturated carbocycles. The van der Waals surface area contributed by atoms with Gasteiger partial charge in [-0.1, -0.05) is 0 Å². The van der Waals surface area contributed by atoms with Crippen LogP contribution in [0.15, 0.2) is 0 Å². The zero-order valence-electron chi connectivity index (χ0n) is 6.32. The van der Waals surface area contributed by atoms with E-state index in [-0.39, 0.29) is 51.2 Å². The standard InChI is InChI=1S/C5H10O.2Al.3O/c1-2-4-6-5-3-1;;;;;/h1-5H2;;;;;/q;2*+3;3*-2. The van der Waals surface area contributed by atoms with Gasteiger partial charge in [0.1, 0.15) is 0 Å². The van der Waals surface area contributed by atoms with Gasteiger partial charge in [0.25, 0.3) is 0 Å². The molecule has 1 rings (SSSR count). The Morgan fingerprint density at radius 2 is 1.00 bits per heavy atom. The molecule has 0 aromatic carbocycles. The summed E-state index contributed by atoms with van der Waals surface area (Å²) in [5.74, 6) is 0. The summed E-state index contributed by atoms with van der Waals surface area (Å²) in [6.07, 6.45) is 3.93. The van der Waals surface area contributed by atoms with Gasteiger partial charge in [0.2, 0.25) is 0 Å². The van der Waals surface area contributed by atoms with E-state index in [2.05, 4.69) is 0 Å². The summed E-state index contributed by atoms with van der Waals surface area (Å²) in [5, 5.41) is 0. The van der Waals surface area contributed by atoms with Crippen LogP contribution in [-0.2, 0) is 21.2 Å². The molecule has 6 heteroatoms. The van der Waals surface area contributed by atoms with E-state index in [1.54, 1.807) is 0 Å². The quantitative estimate of drug-likeness (QED) is 0.494. The second-order valence-corrected chi connectivity index (χ2v) is 1.67. The second-order valence-electron chi connectivity index (χ2n) is 1.67. The van der Waals surface area contributed by atoms with E-state index in [1.807, 2.05) is 0 Å². The molecule has 0 aromatic heterocycles. The minimum atomic E-state index is 0. The molecule has 0 unspecified atom stereocenters. The smallest absolute Gasteiger partial charge is 2.00 e. The van der Waals surface area contributed by atoms with Crippen molar-refractivity contribution >= 4 is 34.7 Å². The Morgan fingerprint density at radius 1 is 0.636 bits per heavy atom. The van der Waals surface area contributed by atoms with Crippen molar-refractivity contribution < 1.29 is 21.2 Å². The Hall–Kier alpha value is 0.905. The molecule has 1 saturated heterocycles. The first-order valence-corrected chi connectivity index (χ1v) is 2.58. The first kappa shape index (κ1) is 29.7. The van der Waals surface area contributed by atoms with Gasteiger partial charge in [0, 0.05) is 13.2 Å². The predicted molar refractivity (Wildman–Crippen MR) is 38.2 cm³/mol. The van der Waals surface area contributed by atoms with Crippen LogP contribution in [0.3, 0.4) is 0 Å². The summed E-state index contributed by atoms with van der Waals surface area (Å²) in [6.45, 7) is 2.00. The van der Waals surface area contributed by atoms with Gasteiger partial charge in [-0.3, -0.25) is 0 Å². The molecule has 0 radical (unpaired) electrons. The minimum absolute atomic E-state index is 0. The van der Waals surface area contributed by atoms with Crippen molar-refractivity contribution in [2.45, 2.75) is 19.3 Å². The maximum Gasteiger partial charge on any atom is 3.00 e. The van der Waals surface area contributed by atoms with Crippen molar-refractivity contribution in [2.24, 2.45) is 0 Å². The summed E-state index contributed by atoms with van der Waals surface area (Å²) in [7, 11) is 0. The zero-order valence-corrected chi connectivity index (χ0v) is 8.63. The van der Waals surface area contributed by atoms with E-state index in [9.17, 15) is 0 Å². The van der Waals surface area contributed by atoms with E-state index in [1.165, 1.54) is 19.3 Å². The van der Waals surface area contributed by atoms with E-state index in [4.69, 9.17) is 4.74 Å². The van der Waals surface area contributed by atoms with Crippen LogP contribution in [0.25, 0.3) is 0 Å². The van der Waals surface area contributed by atoms with Crippen molar-refractivity contribution in [3.8, 4) is 0 Å². The van der Waals surface area contributed by atoms with Gasteiger partial charge in [-0.2, -0.15) is 0 Å². The molecule has 0 aliphatic carbocycles. The fraction of sp³-hybridized carbons (Fsp3) is 1.00. The zero-order chi connectivity index (χ0) is 4.24. The minimum Gasteiger partial charge on any atom is -2.00 e. The molecule has 0 amide bonds. The van der Waals surface area contributed by atoms with Gasteiger partial charge < -0.3 is 21.2 Å². The van der Waals surface area contributed by atoms with Crippen LogP contribution in [0.1, 0.15) is 19.3 Å². The van der Waals surface area contributed by atoms with E-state index < -0.39 is 0 Å². The summed E-state index contributed by atoms with van der Waals surface area (Å²) in [6, 6.07) is 0. The summed E-state index contributed by atoms with van der Waals surface area (Å²) in [5.41, 5.74) is 0. The van der Waals surface area contributed by atoms with Crippen LogP contribution < -0.4 is 0 Å². The molecule has 60 valence electrons. The van der Waals surface area contributed by atoms with E-state index >= 15 is 0 Å². The molecule has 0 atom stereocenters. The molecule has 1 heterocycles. The molecule has 11 heavy (non-hydrogen) atoms. The fourth-order valence-corrected chi connectivity index (χ4v) is 0.687. The summed E-state index contributed by atoms with van der Waals surface area (Å²) >= 11 is 0. The second kappa shape index (κ2) is 22.4. The van der Waals surface area contributed by atoms with Gasteiger partial charge in [0.15, 0.2) is 0 Å². The third kappa shape index (κ3) is 18.1. The monoisotopic (exact) mass is 188 g/mol. The summed E-state index contributed by atoms with van der Waals surface area (Å²) in [4.78, 5) is 0. The third-order valence-corrected chi connectivity index (χ3v) is 1.08. The first-order valence-electron chi connectivity index (χ1n) is 2.58. The van der Waals surface area contributed by atoms with Gasteiger partial charge in [0.05, 0.1) is 0 Å². The summed E-state index contributed by atoms with van der Waals surface area (Å²) < 4.78 is 5.07. The molecule has 0 bridgehead atoms. The Balaban J connectivity index is -0.0000000240. The van der Waals surface area contributed by atoms with Crippen molar-refractivity contribution in [1.82, 2.24) is 0 Å². The molecular formula is C5H10Al2O4. The Labute approximate surface area is 88.5 Å². The molecule has 0 aromatic rings. The molecule has 1 aliphatic heterocycles. The molecule has 1 fully saturated rings. The Morgan fingerprint density at radius 3 is 1.09 bits per heavy atom. The molecular weight excluding hydrogens is 178 g/mol. The van der Waals surface area contributed by atoms with Crippen molar-refractivity contribution in [1.29, 1.82) is 0 Å². The average molecular weight is 188 g/mol. The number of hydrogen-bond acceptors (Lipinski definition) is 1. The maximum absolute atomic E-state index is 5.07. The number of hydrogen-bond donors (Lipinski definition) is 0. The maximum atomic E-state index is 5.07. The van der Waals surface area contributed by atoms with Crippen LogP contribution in [0.2, 0.25) is 0 Å². The number of rotatable bonds is 0. The molecule has 0 N–H and O–H groups in total. The van der Waals surface area contributed by atoms with Gasteiger partial charge in [-0.05, 0) is 19.3 Å². The van der Waals surface area contributed by atoms with Gasteiger partial charge >= 0.3 is 34.7 Å². The Kier molecular flexibility index (Phi) is 60.6. The van der Waals surface area contributed by atoms with Crippen molar-refractivity contribution in [2.75, 3.05) is 13.2 Å². The van der Waals surface area contributed by atoms with Gasteiger partial charge in [-0.15, -0.1) is 0 Å². The topological polar surface area (TPSA) is 94.7 Å². The Bertz CT molecular complexity index is 32.0. The van der Waals surface area contributed by atoms with Crippen LogP contribution >= 0.6 is 0 Å². The van der Waals surface area contributed by atoms with Crippen LogP contribution in [-0.4, -0.2) is 47.9 Å². The molecule has 4 nitrogen and oxygen atoms in total. The predicted octanol–water partition coefficient (Wildman–Crippen LogP) is 0.0689. The largest absolute Gasteiger partial charge is 3.00 e. The first-order chi connectivity index (χ1) is 3.00. The number of ether oxygens (including phenoxy) is 1. The van der Waals surface area contributed by atoms with Gasteiger partial charge in [-0.25, -0.2) is 0 Å². The third-order valence-electron chi connectivity index (χ3n) is 1.08. The molecule has 0 spiro atoms. The molecule has 1 aliphatic rings. The van der Waals surface area contributed by atoms with Crippen molar-refractivity contribution in [3.05, 3.63) is 0 Å². The normalized spacial score (nSPS) is 13.1. The van der Waals surface area contributed by atoms with Crippen LogP contribution in [0.5, 0.6) is 0 Å². The van der Waals surface area contributed by atoms with E-state index in [0.717, 1.165) is 13.2 Å². The SMILES string of the molecule is C1CCOCC1.[Al+3].[Al+3].[O-2].[O-2].[O-2]. The van der Waals surface area contributed by atoms with Crippen molar-refractivity contribution in [3.63, 3.8) is 0 Å².